The van der Waals surface area contributed by atoms with Gasteiger partial charge in [-0.25, -0.2) is 0 Å². The maximum atomic E-state index is 12.6. The second-order valence-electron chi connectivity index (χ2n) is 4.20. The summed E-state index contributed by atoms with van der Waals surface area (Å²) in [5, 5.41) is 21.2. The number of rotatable bonds is 3. The van der Waals surface area contributed by atoms with E-state index in [0.29, 0.717) is 0 Å². The summed E-state index contributed by atoms with van der Waals surface area (Å²) in [6.07, 6.45) is 1.08. The average molecular weight is 364 g/mol. The van der Waals surface area contributed by atoms with E-state index in [1.54, 1.807) is 0 Å². The van der Waals surface area contributed by atoms with Crippen molar-refractivity contribution in [3.8, 4) is 5.75 Å². The molecule has 3 aromatic rings. The van der Waals surface area contributed by atoms with Crippen molar-refractivity contribution >= 4 is 32.5 Å². The average Bonchev–Trinajstić information content (AvgIpc) is 2.94. The van der Waals surface area contributed by atoms with Crippen LogP contribution in [0.3, 0.4) is 0 Å². The fraction of sp³-hybridized carbons (Fsp3) is 0.111. The molecular weight excluding hydrogens is 361 g/mol. The van der Waals surface area contributed by atoms with Gasteiger partial charge in [0.1, 0.15) is 5.52 Å². The number of aromatic nitrogens is 5. The Morgan fingerprint density at radius 1 is 1.33 bits per heavy atom. The van der Waals surface area contributed by atoms with Crippen molar-refractivity contribution in [3.05, 3.63) is 28.4 Å². The topological polar surface area (TPSA) is 142 Å². The minimum Gasteiger partial charge on any atom is -0.366 e. The molecule has 0 aliphatic rings. The van der Waals surface area contributed by atoms with Gasteiger partial charge in [0.25, 0.3) is 11.4 Å². The van der Waals surface area contributed by atoms with Crippen molar-refractivity contribution < 1.29 is 30.7 Å². The van der Waals surface area contributed by atoms with Crippen molar-refractivity contribution in [2.75, 3.05) is 0 Å². The van der Waals surface area contributed by atoms with E-state index in [4.69, 9.17) is 0 Å². The third-order valence-electron chi connectivity index (χ3n) is 2.79. The minimum atomic E-state index is -6.17. The summed E-state index contributed by atoms with van der Waals surface area (Å²) in [6.45, 7) is 0. The zero-order valence-corrected chi connectivity index (χ0v) is 11.8. The van der Waals surface area contributed by atoms with Crippen molar-refractivity contribution in [2.45, 2.75) is 5.51 Å². The summed E-state index contributed by atoms with van der Waals surface area (Å²) >= 11 is 0. The van der Waals surface area contributed by atoms with E-state index in [0.717, 1.165) is 10.7 Å². The van der Waals surface area contributed by atoms with E-state index in [9.17, 15) is 31.7 Å². The molecule has 0 saturated carbocycles. The number of hydrogen-bond donors (Lipinski definition) is 0. The van der Waals surface area contributed by atoms with Crippen LogP contribution in [0.5, 0.6) is 5.75 Å². The summed E-state index contributed by atoms with van der Waals surface area (Å²) in [6, 6.07) is 2.61. The van der Waals surface area contributed by atoms with E-state index in [2.05, 4.69) is 24.7 Å². The minimum absolute atomic E-state index is 0.0875. The Morgan fingerprint density at radius 2 is 2.04 bits per heavy atom. The molecule has 126 valence electrons. The van der Waals surface area contributed by atoms with Gasteiger partial charge >= 0.3 is 21.3 Å². The molecule has 15 heteroatoms. The number of tetrazole rings is 1. The number of hydrogen-bond acceptors (Lipinski definition) is 9. The second kappa shape index (κ2) is 4.95. The molecule has 3 rings (SSSR count). The van der Waals surface area contributed by atoms with Crippen LogP contribution in [0.25, 0.3) is 16.7 Å². The van der Waals surface area contributed by atoms with E-state index in [-0.39, 0.29) is 5.52 Å². The Labute approximate surface area is 128 Å². The van der Waals surface area contributed by atoms with Crippen molar-refractivity contribution in [2.24, 2.45) is 0 Å². The lowest BCUT2D eigenvalue weighted by atomic mass is 10.2. The quantitative estimate of drug-likeness (QED) is 0.285. The zero-order chi connectivity index (χ0) is 17.7. The molecule has 0 spiro atoms. The zero-order valence-electron chi connectivity index (χ0n) is 11.0. The van der Waals surface area contributed by atoms with Crippen LogP contribution >= 0.6 is 0 Å². The lowest BCUT2D eigenvalue weighted by Crippen LogP contribution is -2.28. The Hall–Kier alpha value is -3.10. The first kappa shape index (κ1) is 15.8. The standard InChI is InChI=1S/C9H3F3N6O5S/c10-9(11,12)24(21,22)23-7-5-4(2-1-3-13-5)17-8(14-15-16-17)6(7)18(19)20/h1-3H. The number of nitro groups is 1. The summed E-state index contributed by atoms with van der Waals surface area (Å²) in [7, 11) is -6.17. The van der Waals surface area contributed by atoms with Crippen LogP contribution in [0, 0.1) is 10.1 Å². The molecule has 0 aliphatic carbocycles. The Bertz CT molecular complexity index is 1080. The molecular formula is C9H3F3N6O5S. The number of alkyl halides is 3. The largest absolute Gasteiger partial charge is 0.534 e. The highest BCUT2D eigenvalue weighted by Gasteiger charge is 2.50. The maximum Gasteiger partial charge on any atom is 0.534 e. The van der Waals surface area contributed by atoms with Crippen molar-refractivity contribution in [3.63, 3.8) is 0 Å². The summed E-state index contributed by atoms with van der Waals surface area (Å²) in [5.41, 5.74) is -8.18. The molecule has 3 aromatic heterocycles. The van der Waals surface area contributed by atoms with Gasteiger partial charge in [-0.3, -0.25) is 15.1 Å². The molecule has 0 aromatic carbocycles. The normalized spacial score (nSPS) is 12.6. The van der Waals surface area contributed by atoms with Crippen LogP contribution in [0.4, 0.5) is 18.9 Å². The molecule has 0 atom stereocenters. The van der Waals surface area contributed by atoms with Crippen LogP contribution in [0.15, 0.2) is 18.3 Å². The van der Waals surface area contributed by atoms with E-state index in [1.807, 2.05) is 0 Å². The van der Waals surface area contributed by atoms with Gasteiger partial charge in [-0.2, -0.15) is 26.1 Å². The SMILES string of the molecule is O=[N+]([O-])c1c(OS(=O)(=O)C(F)(F)F)c2ncccc2n2nnnc12. The van der Waals surface area contributed by atoms with Gasteiger partial charge in [0.05, 0.1) is 10.4 Å². The third kappa shape index (κ3) is 2.25. The summed E-state index contributed by atoms with van der Waals surface area (Å²) < 4.78 is 65.0. The fourth-order valence-corrected chi connectivity index (χ4v) is 2.33. The molecule has 3 heterocycles. The molecule has 0 bridgehead atoms. The Kier molecular flexibility index (Phi) is 3.25. The van der Waals surface area contributed by atoms with Gasteiger partial charge in [-0.15, -0.1) is 5.10 Å². The summed E-state index contributed by atoms with van der Waals surface area (Å²) in [4.78, 5) is 13.7. The predicted octanol–water partition coefficient (Wildman–Crippen LogP) is 0.809. The molecule has 0 unspecified atom stereocenters. The van der Waals surface area contributed by atoms with Crippen molar-refractivity contribution in [1.82, 2.24) is 25.0 Å². The highest BCUT2D eigenvalue weighted by Crippen LogP contribution is 2.39. The van der Waals surface area contributed by atoms with Crippen LogP contribution < -0.4 is 4.18 Å². The van der Waals surface area contributed by atoms with Gasteiger partial charge in [0, 0.05) is 6.20 Å². The molecule has 0 saturated heterocycles. The Morgan fingerprint density at radius 3 is 2.67 bits per heavy atom. The van der Waals surface area contributed by atoms with Crippen LogP contribution in [-0.2, 0) is 10.1 Å². The van der Waals surface area contributed by atoms with Crippen LogP contribution in [0.2, 0.25) is 0 Å². The highest BCUT2D eigenvalue weighted by molar-refractivity contribution is 7.88. The van der Waals surface area contributed by atoms with Gasteiger partial charge in [0.15, 0.2) is 0 Å². The van der Waals surface area contributed by atoms with Gasteiger partial charge in [-0.05, 0) is 22.6 Å². The molecule has 0 amide bonds. The first-order valence-electron chi connectivity index (χ1n) is 5.77. The lowest BCUT2D eigenvalue weighted by molar-refractivity contribution is -0.384. The molecule has 0 aliphatic heterocycles. The van der Waals surface area contributed by atoms with Gasteiger partial charge < -0.3 is 4.18 Å². The number of fused-ring (bicyclic) bond motifs is 3. The second-order valence-corrected chi connectivity index (χ2v) is 5.74. The predicted molar refractivity (Wildman–Crippen MR) is 68.3 cm³/mol. The third-order valence-corrected chi connectivity index (χ3v) is 3.74. The van der Waals surface area contributed by atoms with Crippen LogP contribution in [0.1, 0.15) is 0 Å². The molecule has 24 heavy (non-hydrogen) atoms. The summed E-state index contributed by atoms with van der Waals surface area (Å²) in [5.74, 6) is -1.23. The molecule has 0 N–H and O–H groups in total. The van der Waals surface area contributed by atoms with Gasteiger partial charge in [0.2, 0.25) is 0 Å². The monoisotopic (exact) mass is 364 g/mol. The van der Waals surface area contributed by atoms with Gasteiger partial charge in [-0.1, -0.05) is 0 Å². The van der Waals surface area contributed by atoms with E-state index >= 15 is 0 Å². The smallest absolute Gasteiger partial charge is 0.366 e. The molecule has 0 radical (unpaired) electrons. The number of nitrogens with zero attached hydrogens (tertiary/aromatic N) is 6. The fourth-order valence-electron chi connectivity index (χ4n) is 1.85. The van der Waals surface area contributed by atoms with Crippen LogP contribution in [-0.4, -0.2) is 43.9 Å². The number of halogens is 3. The van der Waals surface area contributed by atoms with E-state index < -0.39 is 43.2 Å². The number of pyridine rings is 2. The molecule has 11 nitrogen and oxygen atoms in total. The Balaban J connectivity index is 2.44. The van der Waals surface area contributed by atoms with E-state index in [1.165, 1.54) is 12.1 Å². The maximum absolute atomic E-state index is 12.6. The first-order chi connectivity index (χ1) is 11.1. The highest BCUT2D eigenvalue weighted by atomic mass is 32.2. The molecule has 0 fully saturated rings. The van der Waals surface area contributed by atoms with Crippen molar-refractivity contribution in [1.29, 1.82) is 0 Å². The lowest BCUT2D eigenvalue weighted by Gasteiger charge is -2.11. The first-order valence-corrected chi connectivity index (χ1v) is 7.18.